The smallest absolute Gasteiger partial charge is 0.131 e. The predicted molar refractivity (Wildman–Crippen MR) is 35.2 cm³/mol. The summed E-state index contributed by atoms with van der Waals surface area (Å²) in [6.45, 7) is -0.238. The summed E-state index contributed by atoms with van der Waals surface area (Å²) in [7, 11) is 0. The molecule has 0 radical (unpaired) electrons. The highest BCUT2D eigenvalue weighted by atomic mass is 19.1. The van der Waals surface area contributed by atoms with Gasteiger partial charge >= 0.3 is 0 Å². The zero-order valence-electron chi connectivity index (χ0n) is 5.64. The van der Waals surface area contributed by atoms with Gasteiger partial charge in [0.15, 0.2) is 0 Å². The number of halogens is 2. The van der Waals surface area contributed by atoms with Crippen molar-refractivity contribution in [3.8, 4) is 0 Å². The average molecular weight is 156 g/mol. The molecule has 1 N–H and O–H groups in total. The lowest BCUT2D eigenvalue weighted by Crippen LogP contribution is -1.92. The van der Waals surface area contributed by atoms with E-state index >= 15 is 0 Å². The lowest BCUT2D eigenvalue weighted by molar-refractivity contribution is 0.553. The summed E-state index contributed by atoms with van der Waals surface area (Å²) < 4.78 is 25.3. The molecule has 0 aliphatic heterocycles. The van der Waals surface area contributed by atoms with Crippen LogP contribution >= 0.6 is 0 Å². The maximum atomic E-state index is 12.7. The molecule has 1 rings (SSSR count). The molecule has 0 amide bonds. The molecule has 0 fully saturated rings. The van der Waals surface area contributed by atoms with Gasteiger partial charge in [-0.2, -0.15) is 5.11 Å². The molecule has 0 bridgehead atoms. The molecule has 58 valence electrons. The van der Waals surface area contributed by atoms with Gasteiger partial charge in [0.1, 0.15) is 11.6 Å². The largest absolute Gasteiger partial charge is 0.210 e. The van der Waals surface area contributed by atoms with Crippen LogP contribution in [0.4, 0.5) is 8.78 Å². The maximum Gasteiger partial charge on any atom is 0.131 e. The monoisotopic (exact) mass is 156 g/mol. The second-order valence-corrected chi connectivity index (χ2v) is 2.02. The van der Waals surface area contributed by atoms with E-state index in [4.69, 9.17) is 5.53 Å². The third kappa shape index (κ3) is 1.58. The Morgan fingerprint density at radius 3 is 2.27 bits per heavy atom. The van der Waals surface area contributed by atoms with Gasteiger partial charge in [0, 0.05) is 5.56 Å². The number of rotatable bonds is 2. The quantitative estimate of drug-likeness (QED) is 0.638. The fourth-order valence-corrected chi connectivity index (χ4v) is 0.762. The molecule has 0 saturated heterocycles. The Balaban J connectivity index is 3.09. The summed E-state index contributed by atoms with van der Waals surface area (Å²) in [6.07, 6.45) is 0. The number of benzene rings is 1. The van der Waals surface area contributed by atoms with Gasteiger partial charge < -0.3 is 0 Å². The summed E-state index contributed by atoms with van der Waals surface area (Å²) in [5, 5.41) is 2.90. The van der Waals surface area contributed by atoms with Gasteiger partial charge in [-0.1, -0.05) is 6.07 Å². The van der Waals surface area contributed by atoms with Crippen molar-refractivity contribution in [3.05, 3.63) is 35.4 Å². The van der Waals surface area contributed by atoms with E-state index < -0.39 is 11.6 Å². The molecule has 0 saturated carbocycles. The first-order valence-electron chi connectivity index (χ1n) is 3.02. The lowest BCUT2D eigenvalue weighted by atomic mass is 10.2. The number of hydrogen-bond donors (Lipinski definition) is 1. The third-order valence-corrected chi connectivity index (χ3v) is 1.30. The Bertz CT molecular complexity index is 253. The summed E-state index contributed by atoms with van der Waals surface area (Å²) in [5.41, 5.74) is 6.27. The fraction of sp³-hybridized carbons (Fsp3) is 0.143. The van der Waals surface area contributed by atoms with Crippen molar-refractivity contribution in [2.24, 2.45) is 5.11 Å². The number of hydrogen-bond acceptors (Lipinski definition) is 2. The zero-order chi connectivity index (χ0) is 8.27. The molecule has 0 aromatic heterocycles. The van der Waals surface area contributed by atoms with Gasteiger partial charge in [-0.15, -0.1) is 0 Å². The maximum absolute atomic E-state index is 12.7. The molecule has 11 heavy (non-hydrogen) atoms. The van der Waals surface area contributed by atoms with Crippen molar-refractivity contribution in [3.63, 3.8) is 0 Å². The average Bonchev–Trinajstić information content (AvgIpc) is 1.97. The van der Waals surface area contributed by atoms with Crippen LogP contribution in [0.1, 0.15) is 5.56 Å². The minimum absolute atomic E-state index is 0.150. The standard InChI is InChI=1S/C7H6F2N2/c8-6-2-1-3-7(9)5(6)4-11-10/h1-3,10H,4H2. The van der Waals surface area contributed by atoms with Crippen molar-refractivity contribution >= 4 is 0 Å². The molecule has 2 nitrogen and oxygen atoms in total. The van der Waals surface area contributed by atoms with Crippen LogP contribution in [-0.2, 0) is 6.54 Å². The first-order valence-corrected chi connectivity index (χ1v) is 3.02. The lowest BCUT2D eigenvalue weighted by Gasteiger charge is -1.98. The van der Waals surface area contributed by atoms with E-state index in [0.717, 1.165) is 12.1 Å². The Morgan fingerprint density at radius 1 is 1.27 bits per heavy atom. The third-order valence-electron chi connectivity index (χ3n) is 1.30. The van der Waals surface area contributed by atoms with Crippen molar-refractivity contribution in [1.82, 2.24) is 0 Å². The number of nitrogens with zero attached hydrogens (tertiary/aromatic N) is 1. The van der Waals surface area contributed by atoms with Crippen LogP contribution in [0, 0.1) is 17.2 Å². The Kier molecular flexibility index (Phi) is 2.25. The van der Waals surface area contributed by atoms with E-state index in [1.165, 1.54) is 6.07 Å². The van der Waals surface area contributed by atoms with Crippen LogP contribution < -0.4 is 0 Å². The van der Waals surface area contributed by atoms with Gasteiger partial charge in [0.25, 0.3) is 0 Å². The van der Waals surface area contributed by atoms with Crippen molar-refractivity contribution in [2.45, 2.75) is 6.54 Å². The summed E-state index contributed by atoms with van der Waals surface area (Å²) >= 11 is 0. The van der Waals surface area contributed by atoms with Crippen LogP contribution in [0.2, 0.25) is 0 Å². The van der Waals surface area contributed by atoms with Crippen molar-refractivity contribution in [1.29, 1.82) is 5.53 Å². The second-order valence-electron chi connectivity index (χ2n) is 2.02. The SMILES string of the molecule is N=NCc1c(F)cccc1F. The summed E-state index contributed by atoms with van der Waals surface area (Å²) in [6, 6.07) is 3.56. The molecular weight excluding hydrogens is 150 g/mol. The highest BCUT2D eigenvalue weighted by Crippen LogP contribution is 2.12. The van der Waals surface area contributed by atoms with Gasteiger partial charge in [0.05, 0.1) is 6.54 Å². The normalized spacial score (nSPS) is 9.64. The van der Waals surface area contributed by atoms with Crippen LogP contribution in [0.25, 0.3) is 0 Å². The fourth-order valence-electron chi connectivity index (χ4n) is 0.762. The van der Waals surface area contributed by atoms with Gasteiger partial charge in [-0.25, -0.2) is 14.3 Å². The molecule has 0 aliphatic carbocycles. The second kappa shape index (κ2) is 3.18. The first kappa shape index (κ1) is 7.78. The van der Waals surface area contributed by atoms with Gasteiger partial charge in [-0.3, -0.25) is 0 Å². The minimum atomic E-state index is -0.652. The first-order chi connectivity index (χ1) is 5.25. The van der Waals surface area contributed by atoms with Crippen molar-refractivity contribution in [2.75, 3.05) is 0 Å². The molecule has 0 atom stereocenters. The van der Waals surface area contributed by atoms with E-state index in [1.807, 2.05) is 0 Å². The molecule has 0 spiro atoms. The van der Waals surface area contributed by atoms with Gasteiger partial charge in [0.2, 0.25) is 0 Å². The molecule has 0 heterocycles. The molecule has 0 unspecified atom stereocenters. The summed E-state index contributed by atoms with van der Waals surface area (Å²) in [5.74, 6) is -1.30. The number of nitrogens with one attached hydrogen (secondary N) is 1. The predicted octanol–water partition coefficient (Wildman–Crippen LogP) is 2.50. The van der Waals surface area contributed by atoms with Crippen LogP contribution in [0.5, 0.6) is 0 Å². The van der Waals surface area contributed by atoms with E-state index in [1.54, 1.807) is 0 Å². The molecule has 1 aromatic rings. The van der Waals surface area contributed by atoms with E-state index in [9.17, 15) is 8.78 Å². The molecule has 4 heteroatoms. The molecule has 0 aliphatic rings. The molecule has 1 aromatic carbocycles. The Labute approximate surface area is 62.4 Å². The topological polar surface area (TPSA) is 36.2 Å². The van der Waals surface area contributed by atoms with Gasteiger partial charge in [-0.05, 0) is 12.1 Å². The summed E-state index contributed by atoms with van der Waals surface area (Å²) in [4.78, 5) is 0. The minimum Gasteiger partial charge on any atom is -0.210 e. The van der Waals surface area contributed by atoms with Crippen LogP contribution in [0.15, 0.2) is 23.3 Å². The van der Waals surface area contributed by atoms with Crippen LogP contribution in [-0.4, -0.2) is 0 Å². The highest BCUT2D eigenvalue weighted by Gasteiger charge is 2.05. The Morgan fingerprint density at radius 2 is 1.82 bits per heavy atom. The zero-order valence-corrected chi connectivity index (χ0v) is 5.64. The van der Waals surface area contributed by atoms with E-state index in [2.05, 4.69) is 5.11 Å². The Hall–Kier alpha value is -1.32. The molecular formula is C7H6F2N2. The highest BCUT2D eigenvalue weighted by molar-refractivity contribution is 5.19. The van der Waals surface area contributed by atoms with E-state index in [-0.39, 0.29) is 12.1 Å². The van der Waals surface area contributed by atoms with E-state index in [0.29, 0.717) is 0 Å². The van der Waals surface area contributed by atoms with Crippen LogP contribution in [0.3, 0.4) is 0 Å². The van der Waals surface area contributed by atoms with Crippen molar-refractivity contribution < 1.29 is 8.78 Å².